The summed E-state index contributed by atoms with van der Waals surface area (Å²) < 4.78 is 5.82. The van der Waals surface area contributed by atoms with Gasteiger partial charge in [0.15, 0.2) is 0 Å². The van der Waals surface area contributed by atoms with Crippen molar-refractivity contribution in [1.29, 1.82) is 0 Å². The Kier molecular flexibility index (Phi) is 11.9. The third-order valence-electron chi connectivity index (χ3n) is 5.55. The third-order valence-corrected chi connectivity index (χ3v) is 5.86. The molecule has 1 heterocycles. The van der Waals surface area contributed by atoms with E-state index in [9.17, 15) is 20.1 Å². The second kappa shape index (κ2) is 13.0. The summed E-state index contributed by atoms with van der Waals surface area (Å²) in [6.45, 7) is 3.01. The van der Waals surface area contributed by atoms with Crippen molar-refractivity contribution in [2.75, 3.05) is 19.0 Å². The Bertz CT molecular complexity index is 421. The molecule has 0 bridgehead atoms. The minimum atomic E-state index is -0.961. The van der Waals surface area contributed by atoms with E-state index in [1.54, 1.807) is 13.8 Å². The molecule has 1 fully saturated rings. The lowest BCUT2D eigenvalue weighted by Gasteiger charge is -2.48. The fourth-order valence-electron chi connectivity index (χ4n) is 3.81. The normalized spacial score (nSPS) is 27.5. The minimum Gasteiger partial charge on any atom is -0.396 e. The van der Waals surface area contributed by atoms with Gasteiger partial charge in [-0.25, -0.2) is 0 Å². The maximum absolute atomic E-state index is 12.3. The van der Waals surface area contributed by atoms with Gasteiger partial charge >= 0.3 is 0 Å². The molecule has 1 rings (SSSR count). The van der Waals surface area contributed by atoms with Crippen LogP contribution in [0.3, 0.4) is 0 Å². The summed E-state index contributed by atoms with van der Waals surface area (Å²) in [6.07, 6.45) is 7.83. The van der Waals surface area contributed by atoms with Crippen LogP contribution in [-0.2, 0) is 9.53 Å². The molecule has 1 aliphatic heterocycles. The fraction of sp³-hybridized carbons (Fsp3) is 0.950. The Labute approximate surface area is 169 Å². The molecule has 0 spiro atoms. The van der Waals surface area contributed by atoms with Crippen molar-refractivity contribution in [3.63, 3.8) is 0 Å². The standard InChI is InChI=1S/C20H39NO5S/c1-20(2)15(13-22)19(25)18(16(14-23)26-20)21-17(24)11-9-7-5-3-4-6-8-10-12-27/h15-16,18-19,22-23,25,27H,3-14H2,1-2H3,(H,21,24)/t15-,16+,18-,19-/m0/s1. The number of carbonyl (C=O) groups is 1. The first kappa shape index (κ1) is 24.7. The summed E-state index contributed by atoms with van der Waals surface area (Å²) >= 11 is 4.21. The first-order chi connectivity index (χ1) is 12.9. The molecule has 1 amide bonds. The predicted octanol–water partition coefficient (Wildman–Crippen LogP) is 2.05. The van der Waals surface area contributed by atoms with Gasteiger partial charge < -0.3 is 25.4 Å². The van der Waals surface area contributed by atoms with Crippen LogP contribution in [0.1, 0.15) is 71.6 Å². The highest BCUT2D eigenvalue weighted by Crippen LogP contribution is 2.34. The van der Waals surface area contributed by atoms with E-state index >= 15 is 0 Å². The van der Waals surface area contributed by atoms with Gasteiger partial charge in [-0.3, -0.25) is 4.79 Å². The molecular weight excluding hydrogens is 366 g/mol. The van der Waals surface area contributed by atoms with E-state index in [0.717, 1.165) is 25.0 Å². The molecule has 27 heavy (non-hydrogen) atoms. The summed E-state index contributed by atoms with van der Waals surface area (Å²) in [5.74, 6) is 0.295. The molecular formula is C20H39NO5S. The summed E-state index contributed by atoms with van der Waals surface area (Å²) in [4.78, 5) is 12.3. The topological polar surface area (TPSA) is 99.0 Å². The second-order valence-corrected chi connectivity index (χ2v) is 8.56. The van der Waals surface area contributed by atoms with Crippen LogP contribution >= 0.6 is 12.6 Å². The molecule has 160 valence electrons. The van der Waals surface area contributed by atoms with Crippen LogP contribution < -0.4 is 5.32 Å². The van der Waals surface area contributed by atoms with E-state index in [4.69, 9.17) is 4.74 Å². The van der Waals surface area contributed by atoms with Crippen LogP contribution in [0.15, 0.2) is 0 Å². The zero-order valence-corrected chi connectivity index (χ0v) is 17.8. The van der Waals surface area contributed by atoms with Crippen LogP contribution in [-0.4, -0.2) is 64.0 Å². The van der Waals surface area contributed by atoms with Gasteiger partial charge in [0.05, 0.1) is 31.0 Å². The van der Waals surface area contributed by atoms with E-state index < -0.39 is 29.8 Å². The minimum absolute atomic E-state index is 0.147. The number of unbranched alkanes of at least 4 members (excludes halogenated alkanes) is 7. The summed E-state index contributed by atoms with van der Waals surface area (Å²) in [5.41, 5.74) is -0.768. The van der Waals surface area contributed by atoms with Crippen molar-refractivity contribution in [1.82, 2.24) is 5.32 Å². The van der Waals surface area contributed by atoms with Crippen LogP contribution in [0.2, 0.25) is 0 Å². The SMILES string of the molecule is CC1(C)O[C@H](CO)[C@H](NC(=O)CCCCCCCCCCS)[C@@H](O)[C@@H]1CO. The highest BCUT2D eigenvalue weighted by atomic mass is 32.1. The first-order valence-corrected chi connectivity index (χ1v) is 11.0. The fourth-order valence-corrected chi connectivity index (χ4v) is 4.03. The molecule has 0 aliphatic carbocycles. The molecule has 4 atom stereocenters. The second-order valence-electron chi connectivity index (χ2n) is 8.12. The van der Waals surface area contributed by atoms with E-state index in [1.165, 1.54) is 32.1 Å². The van der Waals surface area contributed by atoms with Gasteiger partial charge in [0.25, 0.3) is 0 Å². The van der Waals surface area contributed by atoms with Crippen molar-refractivity contribution >= 4 is 18.5 Å². The van der Waals surface area contributed by atoms with Crippen LogP contribution in [0.4, 0.5) is 0 Å². The maximum Gasteiger partial charge on any atom is 0.220 e. The van der Waals surface area contributed by atoms with E-state index in [2.05, 4.69) is 17.9 Å². The highest BCUT2D eigenvalue weighted by molar-refractivity contribution is 7.80. The number of aliphatic hydroxyl groups is 3. The van der Waals surface area contributed by atoms with Gasteiger partial charge in [0.2, 0.25) is 5.91 Å². The number of carbonyl (C=O) groups excluding carboxylic acids is 1. The molecule has 0 radical (unpaired) electrons. The molecule has 0 aromatic carbocycles. The number of hydrogen-bond acceptors (Lipinski definition) is 6. The zero-order chi connectivity index (χ0) is 20.3. The Morgan fingerprint density at radius 1 is 1.00 bits per heavy atom. The van der Waals surface area contributed by atoms with Gasteiger partial charge in [-0.15, -0.1) is 0 Å². The Morgan fingerprint density at radius 2 is 1.56 bits per heavy atom. The van der Waals surface area contributed by atoms with Crippen molar-refractivity contribution in [2.24, 2.45) is 5.92 Å². The molecule has 4 N–H and O–H groups in total. The first-order valence-electron chi connectivity index (χ1n) is 10.3. The molecule has 1 aliphatic rings. The lowest BCUT2D eigenvalue weighted by molar-refractivity contribution is -0.215. The molecule has 6 nitrogen and oxygen atoms in total. The number of aliphatic hydroxyl groups excluding tert-OH is 3. The summed E-state index contributed by atoms with van der Waals surface area (Å²) in [6, 6.07) is -0.709. The van der Waals surface area contributed by atoms with Gasteiger partial charge in [-0.1, -0.05) is 38.5 Å². The third kappa shape index (κ3) is 8.28. The maximum atomic E-state index is 12.3. The van der Waals surface area contributed by atoms with Crippen LogP contribution in [0.25, 0.3) is 0 Å². The molecule has 0 aromatic heterocycles. The van der Waals surface area contributed by atoms with Crippen LogP contribution in [0, 0.1) is 5.92 Å². The van der Waals surface area contributed by atoms with Crippen molar-refractivity contribution in [3.05, 3.63) is 0 Å². The Balaban J connectivity index is 2.31. The van der Waals surface area contributed by atoms with Gasteiger partial charge in [-0.2, -0.15) is 12.6 Å². The Hall–Kier alpha value is -0.340. The lowest BCUT2D eigenvalue weighted by Crippen LogP contribution is -2.65. The quantitative estimate of drug-likeness (QED) is 0.239. The van der Waals surface area contributed by atoms with Crippen LogP contribution in [0.5, 0.6) is 0 Å². The number of nitrogens with one attached hydrogen (secondary N) is 1. The smallest absolute Gasteiger partial charge is 0.220 e. The predicted molar refractivity (Wildman–Crippen MR) is 110 cm³/mol. The number of hydrogen-bond donors (Lipinski definition) is 5. The molecule has 0 saturated carbocycles. The zero-order valence-electron chi connectivity index (χ0n) is 16.9. The van der Waals surface area contributed by atoms with Gasteiger partial charge in [0, 0.05) is 12.3 Å². The number of amides is 1. The molecule has 0 aromatic rings. The van der Waals surface area contributed by atoms with E-state index in [0.29, 0.717) is 6.42 Å². The average molecular weight is 406 g/mol. The molecule has 7 heteroatoms. The van der Waals surface area contributed by atoms with Crippen molar-refractivity contribution in [2.45, 2.75) is 95.5 Å². The van der Waals surface area contributed by atoms with Crippen molar-refractivity contribution in [3.8, 4) is 0 Å². The number of ether oxygens (including phenoxy) is 1. The Morgan fingerprint density at radius 3 is 2.07 bits per heavy atom. The van der Waals surface area contributed by atoms with Gasteiger partial charge in [0.1, 0.15) is 6.10 Å². The number of thiol groups is 1. The van der Waals surface area contributed by atoms with Gasteiger partial charge in [-0.05, 0) is 32.4 Å². The lowest BCUT2D eigenvalue weighted by atomic mass is 9.78. The van der Waals surface area contributed by atoms with E-state index in [-0.39, 0.29) is 19.1 Å². The van der Waals surface area contributed by atoms with Crippen molar-refractivity contribution < 1.29 is 24.9 Å². The number of rotatable bonds is 13. The average Bonchev–Trinajstić information content (AvgIpc) is 2.62. The van der Waals surface area contributed by atoms with E-state index in [1.807, 2.05) is 0 Å². The summed E-state index contributed by atoms with van der Waals surface area (Å²) in [7, 11) is 0. The molecule has 0 unspecified atom stereocenters. The molecule has 1 saturated heterocycles. The monoisotopic (exact) mass is 405 g/mol. The largest absolute Gasteiger partial charge is 0.396 e. The summed E-state index contributed by atoms with van der Waals surface area (Å²) in [5, 5.41) is 32.5. The highest BCUT2D eigenvalue weighted by Gasteiger charge is 2.49.